The first kappa shape index (κ1) is 18.8. The number of hydrogen-bond donors (Lipinski definition) is 0. The third kappa shape index (κ3) is 3.59. The van der Waals surface area contributed by atoms with E-state index in [4.69, 9.17) is 0 Å². The predicted molar refractivity (Wildman–Crippen MR) is 116 cm³/mol. The Morgan fingerprint density at radius 3 is 2.33 bits per heavy atom. The van der Waals surface area contributed by atoms with E-state index in [2.05, 4.69) is 39.9 Å². The highest BCUT2D eigenvalue weighted by molar-refractivity contribution is 9.09. The van der Waals surface area contributed by atoms with Crippen LogP contribution in [0.4, 0.5) is 5.69 Å². The summed E-state index contributed by atoms with van der Waals surface area (Å²) < 4.78 is 26.7. The van der Waals surface area contributed by atoms with E-state index in [1.807, 2.05) is 42.5 Å². The lowest BCUT2D eigenvalue weighted by Gasteiger charge is -2.38. The van der Waals surface area contributed by atoms with Crippen molar-refractivity contribution >= 4 is 37.0 Å². The molecule has 0 aromatic heterocycles. The minimum atomic E-state index is -3.27. The second-order valence-corrected chi connectivity index (χ2v) is 10.4. The van der Waals surface area contributed by atoms with Crippen molar-refractivity contribution in [3.63, 3.8) is 0 Å². The van der Waals surface area contributed by atoms with Gasteiger partial charge in [-0.1, -0.05) is 64.5 Å². The minimum absolute atomic E-state index is 0.129. The van der Waals surface area contributed by atoms with Gasteiger partial charge in [-0.05, 0) is 42.5 Å². The van der Waals surface area contributed by atoms with Gasteiger partial charge in [0.05, 0.1) is 16.7 Å². The molecule has 1 atom stereocenters. The Morgan fingerprint density at radius 1 is 1.04 bits per heavy atom. The Labute approximate surface area is 170 Å². The van der Waals surface area contributed by atoms with E-state index in [9.17, 15) is 8.42 Å². The van der Waals surface area contributed by atoms with Crippen molar-refractivity contribution in [3.05, 3.63) is 70.6 Å². The molecule has 2 aromatic rings. The van der Waals surface area contributed by atoms with Crippen LogP contribution in [0.5, 0.6) is 0 Å². The zero-order valence-electron chi connectivity index (χ0n) is 15.4. The van der Waals surface area contributed by atoms with Gasteiger partial charge < -0.3 is 4.90 Å². The maximum atomic E-state index is 13.4. The van der Waals surface area contributed by atoms with Gasteiger partial charge in [0.15, 0.2) is 9.84 Å². The Bertz CT molecular complexity index is 965. The molecule has 0 amide bonds. The topological polar surface area (TPSA) is 37.4 Å². The van der Waals surface area contributed by atoms with Crippen LogP contribution in [-0.4, -0.2) is 32.1 Å². The molecular formula is C22H24BrNO2S. The molecule has 2 aromatic carbocycles. The Morgan fingerprint density at radius 2 is 1.70 bits per heavy atom. The molecule has 5 heteroatoms. The van der Waals surface area contributed by atoms with E-state index in [1.54, 1.807) is 0 Å². The Hall–Kier alpha value is -1.59. The smallest absolute Gasteiger partial charge is 0.179 e. The van der Waals surface area contributed by atoms with Crippen molar-refractivity contribution in [1.29, 1.82) is 0 Å². The van der Waals surface area contributed by atoms with Gasteiger partial charge in [0.1, 0.15) is 0 Å². The van der Waals surface area contributed by atoms with Crippen LogP contribution in [0.2, 0.25) is 0 Å². The molecule has 4 rings (SSSR count). The highest BCUT2D eigenvalue weighted by Gasteiger charge is 2.43. The summed E-state index contributed by atoms with van der Waals surface area (Å²) in [5, 5.41) is 0.544. The number of benzene rings is 2. The molecule has 1 heterocycles. The first-order chi connectivity index (χ1) is 13.0. The Kier molecular flexibility index (Phi) is 5.17. The third-order valence-corrected chi connectivity index (χ3v) is 8.68. The molecule has 0 spiro atoms. The van der Waals surface area contributed by atoms with Gasteiger partial charge in [0.2, 0.25) is 0 Å². The zero-order chi connectivity index (χ0) is 19.0. The van der Waals surface area contributed by atoms with Gasteiger partial charge in [0.25, 0.3) is 0 Å². The SMILES string of the molecule is Cc1ccccc1N1CC(S(=O)(=O)C2CC2)=C(c2ccccc2)C(CBr)C1. The van der Waals surface area contributed by atoms with E-state index in [-0.39, 0.29) is 11.2 Å². The van der Waals surface area contributed by atoms with E-state index in [0.717, 1.165) is 41.5 Å². The van der Waals surface area contributed by atoms with Gasteiger partial charge in [-0.15, -0.1) is 0 Å². The number of rotatable bonds is 5. The molecular weight excluding hydrogens is 422 g/mol. The van der Waals surface area contributed by atoms with Crippen LogP contribution in [0.3, 0.4) is 0 Å². The predicted octanol–water partition coefficient (Wildman–Crippen LogP) is 4.81. The van der Waals surface area contributed by atoms with Crippen molar-refractivity contribution in [2.75, 3.05) is 23.3 Å². The number of nitrogens with zero attached hydrogens (tertiary/aromatic N) is 1. The summed E-state index contributed by atoms with van der Waals surface area (Å²) in [4.78, 5) is 2.86. The summed E-state index contributed by atoms with van der Waals surface area (Å²) in [5.41, 5.74) is 4.34. The van der Waals surface area contributed by atoms with Crippen molar-refractivity contribution in [1.82, 2.24) is 0 Å². The summed E-state index contributed by atoms with van der Waals surface area (Å²) in [5.74, 6) is 0.129. The third-order valence-electron chi connectivity index (χ3n) is 5.52. The van der Waals surface area contributed by atoms with Crippen molar-refractivity contribution < 1.29 is 8.42 Å². The van der Waals surface area contributed by atoms with E-state index in [0.29, 0.717) is 11.4 Å². The normalized spacial score (nSPS) is 20.8. The zero-order valence-corrected chi connectivity index (χ0v) is 17.8. The second-order valence-electron chi connectivity index (χ2n) is 7.47. The molecule has 0 N–H and O–H groups in total. The summed E-state index contributed by atoms with van der Waals surface area (Å²) in [6.45, 7) is 3.35. The van der Waals surface area contributed by atoms with Gasteiger partial charge in [-0.25, -0.2) is 8.42 Å². The molecule has 27 heavy (non-hydrogen) atoms. The number of halogens is 1. The van der Waals surface area contributed by atoms with Crippen molar-refractivity contribution in [2.24, 2.45) is 5.92 Å². The van der Waals surface area contributed by atoms with Crippen molar-refractivity contribution in [3.8, 4) is 0 Å². The molecule has 1 aliphatic carbocycles. The summed E-state index contributed by atoms with van der Waals surface area (Å²) in [6.07, 6.45) is 1.58. The molecule has 1 aliphatic heterocycles. The average molecular weight is 446 g/mol. The van der Waals surface area contributed by atoms with Crippen LogP contribution in [0.25, 0.3) is 5.57 Å². The van der Waals surface area contributed by atoms with Gasteiger partial charge >= 0.3 is 0 Å². The monoisotopic (exact) mass is 445 g/mol. The number of anilines is 1. The molecule has 0 saturated heterocycles. The molecule has 1 fully saturated rings. The molecule has 0 bridgehead atoms. The van der Waals surface area contributed by atoms with Crippen LogP contribution in [0, 0.1) is 12.8 Å². The molecule has 2 aliphatic rings. The maximum Gasteiger partial charge on any atom is 0.179 e. The number of sulfone groups is 1. The summed E-state index contributed by atoms with van der Waals surface area (Å²) in [7, 11) is -3.27. The molecule has 1 saturated carbocycles. The maximum absolute atomic E-state index is 13.4. The summed E-state index contributed by atoms with van der Waals surface area (Å²) >= 11 is 3.66. The lowest BCUT2D eigenvalue weighted by atomic mass is 9.90. The Balaban J connectivity index is 1.87. The van der Waals surface area contributed by atoms with E-state index >= 15 is 0 Å². The van der Waals surface area contributed by atoms with Crippen LogP contribution >= 0.6 is 15.9 Å². The standard InChI is InChI=1S/C22H24BrNO2S/c1-16-7-5-6-10-20(16)24-14-18(13-23)22(17-8-3-2-4-9-17)21(15-24)27(25,26)19-11-12-19/h2-10,18-19H,11-15H2,1H3. The molecule has 0 radical (unpaired) electrons. The highest BCUT2D eigenvalue weighted by Crippen LogP contribution is 2.42. The molecule has 142 valence electrons. The highest BCUT2D eigenvalue weighted by atomic mass is 79.9. The van der Waals surface area contributed by atoms with E-state index in [1.165, 1.54) is 5.56 Å². The van der Waals surface area contributed by atoms with Gasteiger partial charge in [-0.3, -0.25) is 0 Å². The minimum Gasteiger partial charge on any atom is -0.366 e. The lowest BCUT2D eigenvalue weighted by Crippen LogP contribution is -2.40. The first-order valence-electron chi connectivity index (χ1n) is 9.41. The fourth-order valence-corrected chi connectivity index (χ4v) is 6.59. The van der Waals surface area contributed by atoms with Crippen LogP contribution < -0.4 is 4.90 Å². The largest absolute Gasteiger partial charge is 0.366 e. The average Bonchev–Trinajstić information content (AvgIpc) is 3.54. The van der Waals surface area contributed by atoms with Crippen LogP contribution in [-0.2, 0) is 9.84 Å². The van der Waals surface area contributed by atoms with Crippen LogP contribution in [0.1, 0.15) is 24.0 Å². The van der Waals surface area contributed by atoms with Crippen LogP contribution in [0.15, 0.2) is 59.5 Å². The van der Waals surface area contributed by atoms with Gasteiger partial charge in [0, 0.05) is 23.5 Å². The first-order valence-corrected chi connectivity index (χ1v) is 12.1. The number of para-hydroxylation sites is 1. The number of aryl methyl sites for hydroxylation is 1. The van der Waals surface area contributed by atoms with Crippen molar-refractivity contribution in [2.45, 2.75) is 25.0 Å². The van der Waals surface area contributed by atoms with E-state index < -0.39 is 9.84 Å². The fraction of sp³-hybridized carbons (Fsp3) is 0.364. The number of alkyl halides is 1. The quantitative estimate of drug-likeness (QED) is 0.619. The molecule has 3 nitrogen and oxygen atoms in total. The molecule has 1 unspecified atom stereocenters. The fourth-order valence-electron chi connectivity index (χ4n) is 3.97. The lowest BCUT2D eigenvalue weighted by molar-refractivity contribution is 0.594. The number of hydrogen-bond acceptors (Lipinski definition) is 3. The van der Waals surface area contributed by atoms with Gasteiger partial charge in [-0.2, -0.15) is 0 Å². The summed E-state index contributed by atoms with van der Waals surface area (Å²) in [6, 6.07) is 18.3. The second kappa shape index (κ2) is 7.44.